The Balaban J connectivity index is 1.22. The number of hydrogen-bond acceptors (Lipinski definition) is 0. The molecule has 292 valence electrons. The fourth-order valence-electron chi connectivity index (χ4n) is 9.93. The highest BCUT2D eigenvalue weighted by Crippen LogP contribution is 2.47. The first kappa shape index (κ1) is 36.6. The second kappa shape index (κ2) is 14.4. The molecule has 0 aliphatic carbocycles. The molecule has 0 unspecified atom stereocenters. The number of rotatable bonds is 7. The number of benzene rings is 9. The van der Waals surface area contributed by atoms with Crippen LogP contribution in [0, 0.1) is 0 Å². The largest absolute Gasteiger partial charge is 0.309 e. The molecule has 2 heteroatoms. The minimum atomic E-state index is -0.623. The van der Waals surface area contributed by atoms with E-state index in [4.69, 9.17) is 0 Å². The first-order valence-corrected chi connectivity index (χ1v) is 21.3. The van der Waals surface area contributed by atoms with Crippen molar-refractivity contribution in [2.24, 2.45) is 0 Å². The van der Waals surface area contributed by atoms with E-state index in [0.29, 0.717) is 0 Å². The third-order valence-electron chi connectivity index (χ3n) is 12.8. The zero-order chi connectivity index (χ0) is 41.1. The SMILES string of the molecule is CC(C)(C)c1ccc(-c2cc(-n3c4ccccc4c4cc(-n5c6ccccc6c6ccccc65)ccc43)cc(C(c3ccccc3)(c3ccccc3)c3ccccc3)c2)cc1. The van der Waals surface area contributed by atoms with Gasteiger partial charge in [-0.15, -0.1) is 0 Å². The normalized spacial score (nSPS) is 12.2. The van der Waals surface area contributed by atoms with Crippen LogP contribution in [0.4, 0.5) is 0 Å². The number of aromatic nitrogens is 2. The van der Waals surface area contributed by atoms with Gasteiger partial charge in [0.25, 0.3) is 0 Å². The molecule has 11 rings (SSSR count). The molecule has 0 fully saturated rings. The van der Waals surface area contributed by atoms with Crippen molar-refractivity contribution in [2.45, 2.75) is 31.6 Å². The summed E-state index contributed by atoms with van der Waals surface area (Å²) in [6, 6.07) is 83.1. The van der Waals surface area contributed by atoms with E-state index in [1.807, 2.05) is 0 Å². The predicted octanol–water partition coefficient (Wildman–Crippen LogP) is 15.2. The number of hydrogen-bond donors (Lipinski definition) is 0. The summed E-state index contributed by atoms with van der Waals surface area (Å²) in [4.78, 5) is 0. The molecule has 2 aromatic heterocycles. The summed E-state index contributed by atoms with van der Waals surface area (Å²) in [5, 5.41) is 4.97. The number of nitrogens with zero attached hydrogens (tertiary/aromatic N) is 2. The average molecular weight is 783 g/mol. The van der Waals surface area contributed by atoms with E-state index in [1.54, 1.807) is 0 Å². The first-order chi connectivity index (χ1) is 29.9. The fourth-order valence-corrected chi connectivity index (χ4v) is 9.93. The topological polar surface area (TPSA) is 9.86 Å². The number of fused-ring (bicyclic) bond motifs is 6. The minimum Gasteiger partial charge on any atom is -0.309 e. The highest BCUT2D eigenvalue weighted by molar-refractivity contribution is 6.12. The van der Waals surface area contributed by atoms with Gasteiger partial charge in [0.05, 0.1) is 27.5 Å². The molecule has 11 aromatic rings. The second-order valence-corrected chi connectivity index (χ2v) is 17.4. The first-order valence-electron chi connectivity index (χ1n) is 21.3. The average Bonchev–Trinajstić information content (AvgIpc) is 3.83. The van der Waals surface area contributed by atoms with Gasteiger partial charge in [0.2, 0.25) is 0 Å². The summed E-state index contributed by atoms with van der Waals surface area (Å²) in [6.07, 6.45) is 0. The van der Waals surface area contributed by atoms with Crippen molar-refractivity contribution >= 4 is 43.6 Å². The van der Waals surface area contributed by atoms with Crippen molar-refractivity contribution in [2.75, 3.05) is 0 Å². The van der Waals surface area contributed by atoms with Crippen LogP contribution in [0.25, 0.3) is 66.1 Å². The molecule has 0 bridgehead atoms. The third kappa shape index (κ3) is 5.93. The molecule has 2 nitrogen and oxygen atoms in total. The molecule has 0 amide bonds. The van der Waals surface area contributed by atoms with Gasteiger partial charge in [-0.25, -0.2) is 0 Å². The third-order valence-corrected chi connectivity index (χ3v) is 12.8. The Bertz CT molecular complexity index is 3210. The lowest BCUT2D eigenvalue weighted by Gasteiger charge is -2.37. The van der Waals surface area contributed by atoms with Crippen molar-refractivity contribution in [1.82, 2.24) is 9.13 Å². The van der Waals surface area contributed by atoms with Gasteiger partial charge in [0, 0.05) is 32.9 Å². The Morgan fingerprint density at radius 2 is 0.705 bits per heavy atom. The maximum Gasteiger partial charge on any atom is 0.0702 e. The van der Waals surface area contributed by atoms with Crippen molar-refractivity contribution in [3.05, 3.63) is 252 Å². The van der Waals surface area contributed by atoms with Crippen LogP contribution >= 0.6 is 0 Å². The zero-order valence-electron chi connectivity index (χ0n) is 34.8. The van der Waals surface area contributed by atoms with Crippen LogP contribution in [0.1, 0.15) is 48.6 Å². The molecule has 0 atom stereocenters. The van der Waals surface area contributed by atoms with E-state index < -0.39 is 5.41 Å². The molecule has 0 aliphatic heterocycles. The summed E-state index contributed by atoms with van der Waals surface area (Å²) in [5.41, 5.74) is 15.0. The molecule has 9 aromatic carbocycles. The summed E-state index contributed by atoms with van der Waals surface area (Å²) in [5.74, 6) is 0. The van der Waals surface area contributed by atoms with Gasteiger partial charge >= 0.3 is 0 Å². The Hall–Kier alpha value is -7.42. The highest BCUT2D eigenvalue weighted by Gasteiger charge is 2.39. The molecule has 0 saturated carbocycles. The lowest BCUT2D eigenvalue weighted by atomic mass is 9.64. The van der Waals surface area contributed by atoms with E-state index >= 15 is 0 Å². The maximum absolute atomic E-state index is 2.49. The smallest absolute Gasteiger partial charge is 0.0702 e. The Morgan fingerprint density at radius 3 is 1.20 bits per heavy atom. The minimum absolute atomic E-state index is 0.0513. The molecule has 0 N–H and O–H groups in total. The van der Waals surface area contributed by atoms with Crippen LogP contribution in [-0.4, -0.2) is 9.13 Å². The van der Waals surface area contributed by atoms with Crippen LogP contribution < -0.4 is 0 Å². The van der Waals surface area contributed by atoms with E-state index in [9.17, 15) is 0 Å². The highest BCUT2D eigenvalue weighted by atomic mass is 15.0. The van der Waals surface area contributed by atoms with Gasteiger partial charge in [0.1, 0.15) is 0 Å². The van der Waals surface area contributed by atoms with Crippen LogP contribution in [0.5, 0.6) is 0 Å². The van der Waals surface area contributed by atoms with Gasteiger partial charge < -0.3 is 9.13 Å². The van der Waals surface area contributed by atoms with Gasteiger partial charge in [-0.2, -0.15) is 0 Å². The second-order valence-electron chi connectivity index (χ2n) is 17.4. The van der Waals surface area contributed by atoms with E-state index in [1.165, 1.54) is 82.6 Å². The van der Waals surface area contributed by atoms with Crippen LogP contribution in [0.3, 0.4) is 0 Å². The van der Waals surface area contributed by atoms with E-state index in [2.05, 4.69) is 254 Å². The van der Waals surface area contributed by atoms with Gasteiger partial charge in [-0.1, -0.05) is 191 Å². The molecule has 61 heavy (non-hydrogen) atoms. The Morgan fingerprint density at radius 1 is 0.279 bits per heavy atom. The molecule has 2 heterocycles. The quantitative estimate of drug-likeness (QED) is 0.143. The van der Waals surface area contributed by atoms with Crippen LogP contribution in [0.15, 0.2) is 224 Å². The molecular weight excluding hydrogens is 737 g/mol. The van der Waals surface area contributed by atoms with Crippen molar-refractivity contribution in [3.8, 4) is 22.5 Å². The maximum atomic E-state index is 2.49. The molecular formula is C59H46N2. The van der Waals surface area contributed by atoms with Crippen molar-refractivity contribution in [1.29, 1.82) is 0 Å². The van der Waals surface area contributed by atoms with Crippen LogP contribution in [-0.2, 0) is 10.8 Å². The summed E-state index contributed by atoms with van der Waals surface area (Å²) in [7, 11) is 0. The monoisotopic (exact) mass is 782 g/mol. The Labute approximate surface area is 357 Å². The standard InChI is InChI=1S/C59H46N2/c1-58(2,3)43-33-31-41(32-34-43)42-37-47(59(44-19-7-4-8-20-44,45-21-9-5-10-22-45)46-23-11-6-12-24-46)39-49(38-42)61-56-30-18-15-27-52(56)53-40-48(35-36-57(53)61)60-54-28-16-13-25-50(54)51-26-14-17-29-55(51)60/h4-40H,1-3H3. The van der Waals surface area contributed by atoms with Gasteiger partial charge in [-0.05, 0) is 99.0 Å². The van der Waals surface area contributed by atoms with Crippen molar-refractivity contribution < 1.29 is 0 Å². The summed E-state index contributed by atoms with van der Waals surface area (Å²) < 4.78 is 4.91. The molecule has 0 radical (unpaired) electrons. The summed E-state index contributed by atoms with van der Waals surface area (Å²) >= 11 is 0. The molecule has 0 spiro atoms. The summed E-state index contributed by atoms with van der Waals surface area (Å²) in [6.45, 7) is 6.84. The Kier molecular flexibility index (Phi) is 8.65. The lowest BCUT2D eigenvalue weighted by molar-refractivity contribution is 0.590. The molecule has 0 aliphatic rings. The van der Waals surface area contributed by atoms with Crippen molar-refractivity contribution in [3.63, 3.8) is 0 Å². The van der Waals surface area contributed by atoms with Gasteiger partial charge in [0.15, 0.2) is 0 Å². The zero-order valence-corrected chi connectivity index (χ0v) is 34.8. The molecule has 0 saturated heterocycles. The number of para-hydroxylation sites is 3. The van der Waals surface area contributed by atoms with Gasteiger partial charge in [-0.3, -0.25) is 0 Å². The van der Waals surface area contributed by atoms with E-state index in [-0.39, 0.29) is 5.41 Å². The fraction of sp³-hybridized carbons (Fsp3) is 0.0847. The van der Waals surface area contributed by atoms with Crippen LogP contribution in [0.2, 0.25) is 0 Å². The van der Waals surface area contributed by atoms with E-state index in [0.717, 1.165) is 11.4 Å². The predicted molar refractivity (Wildman–Crippen MR) is 258 cm³/mol. The lowest BCUT2D eigenvalue weighted by Crippen LogP contribution is -2.31.